The van der Waals surface area contributed by atoms with Gasteiger partial charge in [-0.2, -0.15) is 0 Å². The van der Waals surface area contributed by atoms with Gasteiger partial charge in [0.15, 0.2) is 0 Å². The second-order valence-corrected chi connectivity index (χ2v) is 7.51. The van der Waals surface area contributed by atoms with Crippen LogP contribution in [0.4, 0.5) is 4.79 Å². The molecule has 0 aliphatic heterocycles. The minimum absolute atomic E-state index is 0.0732. The lowest BCUT2D eigenvalue weighted by molar-refractivity contribution is 0.0951. The molecule has 2 aromatic carbocycles. The Morgan fingerprint density at radius 2 is 1.69 bits per heavy atom. The molecule has 0 aliphatic carbocycles. The lowest BCUT2D eigenvalue weighted by Crippen LogP contribution is -2.40. The average molecular weight is 397 g/mol. The number of hydrogen-bond acceptors (Lipinski definition) is 3. The molecule has 6 heteroatoms. The van der Waals surface area contributed by atoms with Crippen LogP contribution in [-0.4, -0.2) is 50.1 Å². The monoisotopic (exact) mass is 396 g/mol. The van der Waals surface area contributed by atoms with E-state index in [9.17, 15) is 9.59 Å². The lowest BCUT2D eigenvalue weighted by atomic mass is 10.1. The van der Waals surface area contributed by atoms with E-state index in [1.807, 2.05) is 62.3 Å². The van der Waals surface area contributed by atoms with Gasteiger partial charge in [-0.05, 0) is 57.1 Å². The second-order valence-electron chi connectivity index (χ2n) is 7.51. The van der Waals surface area contributed by atoms with Gasteiger partial charge in [-0.15, -0.1) is 0 Å². The van der Waals surface area contributed by atoms with Crippen molar-refractivity contribution in [3.05, 3.63) is 71.3 Å². The molecule has 0 fully saturated rings. The topological polar surface area (TPSA) is 73.5 Å². The number of aryl methyl sites for hydroxylation is 1. The molecule has 0 saturated heterocycles. The van der Waals surface area contributed by atoms with Crippen molar-refractivity contribution in [2.75, 3.05) is 27.2 Å². The number of benzene rings is 2. The first-order valence-corrected chi connectivity index (χ1v) is 10.0. The van der Waals surface area contributed by atoms with Gasteiger partial charge in [0.2, 0.25) is 0 Å². The summed E-state index contributed by atoms with van der Waals surface area (Å²) in [6.45, 7) is 3.75. The number of urea groups is 1. The molecule has 0 aromatic heterocycles. The maximum atomic E-state index is 12.2. The molecule has 2 aromatic rings. The molecule has 2 rings (SSSR count). The summed E-state index contributed by atoms with van der Waals surface area (Å²) < 4.78 is 0. The van der Waals surface area contributed by atoms with Gasteiger partial charge in [-0.3, -0.25) is 4.79 Å². The molecule has 3 N–H and O–H groups in total. The van der Waals surface area contributed by atoms with Crippen molar-refractivity contribution < 1.29 is 9.59 Å². The van der Waals surface area contributed by atoms with Crippen LogP contribution in [0.1, 0.15) is 34.8 Å². The van der Waals surface area contributed by atoms with Gasteiger partial charge in [0, 0.05) is 31.2 Å². The van der Waals surface area contributed by atoms with Crippen LogP contribution in [-0.2, 0) is 13.0 Å². The van der Waals surface area contributed by atoms with Gasteiger partial charge in [-0.1, -0.05) is 42.5 Å². The molecule has 0 heterocycles. The zero-order chi connectivity index (χ0) is 21.1. The van der Waals surface area contributed by atoms with Crippen LogP contribution in [0.2, 0.25) is 0 Å². The third-order valence-corrected chi connectivity index (χ3v) is 4.57. The summed E-state index contributed by atoms with van der Waals surface area (Å²) in [5.41, 5.74) is 2.75. The van der Waals surface area contributed by atoms with Crippen LogP contribution in [0.3, 0.4) is 0 Å². The number of carbonyl (C=O) groups excluding carboxylic acids is 2. The van der Waals surface area contributed by atoms with Crippen molar-refractivity contribution in [1.29, 1.82) is 0 Å². The Kier molecular flexibility index (Phi) is 9.18. The number of carbonyl (C=O) groups is 2. The molecule has 3 amide bonds. The zero-order valence-corrected chi connectivity index (χ0v) is 17.6. The SMILES string of the molecule is CC(CCc1ccccc1)NC(=O)NCc1cccc(C(=O)NCCN(C)C)c1. The predicted octanol–water partition coefficient (Wildman–Crippen LogP) is 2.80. The standard InChI is InChI=1S/C23H32N4O2/c1-18(12-13-19-8-5-4-6-9-19)26-23(29)25-17-20-10-7-11-21(16-20)22(28)24-14-15-27(2)3/h4-11,16,18H,12-15,17H2,1-3H3,(H,24,28)(H2,25,26,29). The Hall–Kier alpha value is -2.86. The smallest absolute Gasteiger partial charge is 0.315 e. The number of nitrogens with one attached hydrogen (secondary N) is 3. The van der Waals surface area contributed by atoms with E-state index in [0.717, 1.165) is 24.9 Å². The normalized spacial score (nSPS) is 11.7. The molecule has 0 spiro atoms. The van der Waals surface area contributed by atoms with Crippen LogP contribution in [0.5, 0.6) is 0 Å². The van der Waals surface area contributed by atoms with Gasteiger partial charge < -0.3 is 20.9 Å². The molecule has 29 heavy (non-hydrogen) atoms. The van der Waals surface area contributed by atoms with Crippen molar-refractivity contribution >= 4 is 11.9 Å². The summed E-state index contributed by atoms with van der Waals surface area (Å²) in [4.78, 5) is 26.4. The van der Waals surface area contributed by atoms with Crippen LogP contribution < -0.4 is 16.0 Å². The minimum atomic E-state index is -0.202. The largest absolute Gasteiger partial charge is 0.351 e. The van der Waals surface area contributed by atoms with E-state index in [1.54, 1.807) is 6.07 Å². The quantitative estimate of drug-likeness (QED) is 0.578. The van der Waals surface area contributed by atoms with Gasteiger partial charge in [0.25, 0.3) is 5.91 Å². The molecule has 156 valence electrons. The molecular formula is C23H32N4O2. The maximum Gasteiger partial charge on any atom is 0.315 e. The van der Waals surface area contributed by atoms with Crippen molar-refractivity contribution in [2.24, 2.45) is 0 Å². The van der Waals surface area contributed by atoms with Crippen molar-refractivity contribution in [1.82, 2.24) is 20.9 Å². The zero-order valence-electron chi connectivity index (χ0n) is 17.6. The number of likely N-dealkylation sites (N-methyl/N-ethyl adjacent to an activating group) is 1. The first kappa shape index (κ1) is 22.4. The van der Waals surface area contributed by atoms with Crippen molar-refractivity contribution in [3.8, 4) is 0 Å². The Balaban J connectivity index is 1.74. The van der Waals surface area contributed by atoms with E-state index >= 15 is 0 Å². The predicted molar refractivity (Wildman–Crippen MR) is 117 cm³/mol. The Labute approximate surface area is 173 Å². The lowest BCUT2D eigenvalue weighted by Gasteiger charge is -2.15. The summed E-state index contributed by atoms with van der Waals surface area (Å²) >= 11 is 0. The van der Waals surface area contributed by atoms with E-state index in [-0.39, 0.29) is 18.0 Å². The number of hydrogen-bond donors (Lipinski definition) is 3. The highest BCUT2D eigenvalue weighted by Gasteiger charge is 2.09. The fraction of sp³-hybridized carbons (Fsp3) is 0.391. The Morgan fingerprint density at radius 1 is 0.966 bits per heavy atom. The van der Waals surface area contributed by atoms with Gasteiger partial charge in [-0.25, -0.2) is 4.79 Å². The molecule has 0 bridgehead atoms. The van der Waals surface area contributed by atoms with E-state index in [2.05, 4.69) is 28.1 Å². The van der Waals surface area contributed by atoms with Gasteiger partial charge in [0.1, 0.15) is 0 Å². The molecule has 0 saturated carbocycles. The molecule has 6 nitrogen and oxygen atoms in total. The highest BCUT2D eigenvalue weighted by atomic mass is 16.2. The van der Waals surface area contributed by atoms with E-state index < -0.39 is 0 Å². The Bertz CT molecular complexity index is 777. The second kappa shape index (κ2) is 11.9. The van der Waals surface area contributed by atoms with E-state index in [1.165, 1.54) is 5.56 Å². The fourth-order valence-corrected chi connectivity index (χ4v) is 2.87. The first-order valence-electron chi connectivity index (χ1n) is 10.0. The summed E-state index contributed by atoms with van der Waals surface area (Å²) in [5, 5.41) is 8.72. The number of nitrogens with zero attached hydrogens (tertiary/aromatic N) is 1. The molecular weight excluding hydrogens is 364 g/mol. The van der Waals surface area contributed by atoms with Gasteiger partial charge in [0.05, 0.1) is 0 Å². The van der Waals surface area contributed by atoms with E-state index in [4.69, 9.17) is 0 Å². The van der Waals surface area contributed by atoms with Crippen molar-refractivity contribution in [3.63, 3.8) is 0 Å². The minimum Gasteiger partial charge on any atom is -0.351 e. The molecule has 1 unspecified atom stereocenters. The maximum absolute atomic E-state index is 12.2. The summed E-state index contributed by atoms with van der Waals surface area (Å²) in [6.07, 6.45) is 1.80. The fourth-order valence-electron chi connectivity index (χ4n) is 2.87. The summed E-state index contributed by atoms with van der Waals surface area (Å²) in [6, 6.07) is 17.4. The Morgan fingerprint density at radius 3 is 2.41 bits per heavy atom. The van der Waals surface area contributed by atoms with E-state index in [0.29, 0.717) is 18.7 Å². The third-order valence-electron chi connectivity index (χ3n) is 4.57. The number of rotatable bonds is 10. The number of amides is 3. The highest BCUT2D eigenvalue weighted by molar-refractivity contribution is 5.94. The van der Waals surface area contributed by atoms with Crippen molar-refractivity contribution in [2.45, 2.75) is 32.4 Å². The first-order chi connectivity index (χ1) is 13.9. The average Bonchev–Trinajstić information content (AvgIpc) is 2.71. The third kappa shape index (κ3) is 8.79. The highest BCUT2D eigenvalue weighted by Crippen LogP contribution is 2.06. The van der Waals surface area contributed by atoms with Crippen LogP contribution in [0, 0.1) is 0 Å². The molecule has 1 atom stereocenters. The summed E-state index contributed by atoms with van der Waals surface area (Å²) in [5.74, 6) is -0.104. The van der Waals surface area contributed by atoms with Crippen LogP contribution >= 0.6 is 0 Å². The molecule has 0 aliphatic rings. The van der Waals surface area contributed by atoms with Crippen LogP contribution in [0.25, 0.3) is 0 Å². The summed E-state index contributed by atoms with van der Waals surface area (Å²) in [7, 11) is 3.93. The molecule has 0 radical (unpaired) electrons. The van der Waals surface area contributed by atoms with Crippen LogP contribution in [0.15, 0.2) is 54.6 Å². The van der Waals surface area contributed by atoms with Gasteiger partial charge >= 0.3 is 6.03 Å².